The van der Waals surface area contributed by atoms with Crippen molar-refractivity contribution in [2.75, 3.05) is 0 Å². The molecule has 1 unspecified atom stereocenters. The minimum absolute atomic E-state index is 0.567. The fourth-order valence-corrected chi connectivity index (χ4v) is 1.34. The molecule has 0 aliphatic carbocycles. The molecule has 1 atom stereocenters. The summed E-state index contributed by atoms with van der Waals surface area (Å²) in [5.74, 6) is 0.567. The molecule has 0 aromatic carbocycles. The van der Waals surface area contributed by atoms with Gasteiger partial charge in [0.25, 0.3) is 0 Å². The van der Waals surface area contributed by atoms with Gasteiger partial charge in [-0.2, -0.15) is 0 Å². The molecule has 0 saturated heterocycles. The highest BCUT2D eigenvalue weighted by Gasteiger charge is 2.04. The number of hydrogen-bond acceptors (Lipinski definition) is 1. The molecule has 0 fully saturated rings. The van der Waals surface area contributed by atoms with Crippen LogP contribution in [0, 0.1) is 5.92 Å². The third-order valence-electron chi connectivity index (χ3n) is 2.40. The van der Waals surface area contributed by atoms with Crippen molar-refractivity contribution in [1.82, 2.24) is 0 Å². The Balaban J connectivity index is 2.69. The highest BCUT2D eigenvalue weighted by molar-refractivity contribution is 5.78. The highest BCUT2D eigenvalue weighted by Crippen LogP contribution is 2.19. The van der Waals surface area contributed by atoms with E-state index in [4.69, 9.17) is 0 Å². The predicted molar refractivity (Wildman–Crippen MR) is 58.9 cm³/mol. The minimum atomic E-state index is 0.567. The van der Waals surface area contributed by atoms with E-state index in [0.29, 0.717) is 5.92 Å². The Morgan fingerprint density at radius 3 is 3.00 bits per heavy atom. The van der Waals surface area contributed by atoms with E-state index in [1.54, 1.807) is 6.20 Å². The molecule has 0 bridgehead atoms. The SMILES string of the molecule is C=C1/C=N\C=C/C(=C)C(C)CCC1. The van der Waals surface area contributed by atoms with E-state index in [-0.39, 0.29) is 0 Å². The Bertz CT molecular complexity index is 258. The summed E-state index contributed by atoms with van der Waals surface area (Å²) in [4.78, 5) is 4.13. The van der Waals surface area contributed by atoms with Crippen LogP contribution >= 0.6 is 0 Å². The quantitative estimate of drug-likeness (QED) is 0.534. The van der Waals surface area contributed by atoms with E-state index >= 15 is 0 Å². The Morgan fingerprint density at radius 2 is 2.23 bits per heavy atom. The third-order valence-corrected chi connectivity index (χ3v) is 2.40. The van der Waals surface area contributed by atoms with E-state index in [1.165, 1.54) is 18.4 Å². The first-order valence-corrected chi connectivity index (χ1v) is 4.76. The van der Waals surface area contributed by atoms with Crippen LogP contribution in [0.25, 0.3) is 0 Å². The zero-order valence-corrected chi connectivity index (χ0v) is 8.29. The van der Waals surface area contributed by atoms with E-state index in [2.05, 4.69) is 25.1 Å². The molecule has 1 aliphatic rings. The zero-order valence-electron chi connectivity index (χ0n) is 8.29. The Labute approximate surface area is 80.6 Å². The molecular formula is C12H17N. The van der Waals surface area contributed by atoms with Gasteiger partial charge < -0.3 is 0 Å². The highest BCUT2D eigenvalue weighted by atomic mass is 14.7. The molecule has 1 heterocycles. The van der Waals surface area contributed by atoms with Gasteiger partial charge in [-0.15, -0.1) is 0 Å². The molecule has 1 heteroatoms. The maximum absolute atomic E-state index is 4.13. The number of aliphatic imine (C=N–C) groups is 1. The molecule has 0 radical (unpaired) electrons. The summed E-state index contributed by atoms with van der Waals surface area (Å²) in [5.41, 5.74) is 2.29. The van der Waals surface area contributed by atoms with Gasteiger partial charge in [-0.1, -0.05) is 25.7 Å². The second kappa shape index (κ2) is 4.80. The van der Waals surface area contributed by atoms with Crippen molar-refractivity contribution in [3.63, 3.8) is 0 Å². The molecule has 70 valence electrons. The second-order valence-electron chi connectivity index (χ2n) is 3.62. The van der Waals surface area contributed by atoms with Gasteiger partial charge in [0.2, 0.25) is 0 Å². The van der Waals surface area contributed by atoms with Crippen molar-refractivity contribution in [2.24, 2.45) is 10.9 Å². The summed E-state index contributed by atoms with van der Waals surface area (Å²) >= 11 is 0. The van der Waals surface area contributed by atoms with Crippen molar-refractivity contribution in [2.45, 2.75) is 26.2 Å². The van der Waals surface area contributed by atoms with Crippen LogP contribution in [0.5, 0.6) is 0 Å². The average molecular weight is 175 g/mol. The molecule has 1 aliphatic heterocycles. The molecule has 0 aromatic heterocycles. The van der Waals surface area contributed by atoms with Crippen LogP contribution in [0.1, 0.15) is 26.2 Å². The molecule has 0 spiro atoms. The maximum Gasteiger partial charge on any atom is 0.0293 e. The molecule has 0 aromatic rings. The van der Waals surface area contributed by atoms with Crippen LogP contribution < -0.4 is 0 Å². The number of rotatable bonds is 0. The Hall–Kier alpha value is -1.11. The summed E-state index contributed by atoms with van der Waals surface area (Å²) in [6.45, 7) is 10.1. The summed E-state index contributed by atoms with van der Waals surface area (Å²) in [5, 5.41) is 0. The monoisotopic (exact) mass is 175 g/mol. The van der Waals surface area contributed by atoms with Crippen LogP contribution in [0.3, 0.4) is 0 Å². The van der Waals surface area contributed by atoms with Gasteiger partial charge in [0.05, 0.1) is 0 Å². The number of allylic oxidation sites excluding steroid dienone is 3. The lowest BCUT2D eigenvalue weighted by Crippen LogP contribution is -1.98. The van der Waals surface area contributed by atoms with Gasteiger partial charge >= 0.3 is 0 Å². The Morgan fingerprint density at radius 1 is 1.46 bits per heavy atom. The number of nitrogens with zero attached hydrogens (tertiary/aromatic N) is 1. The maximum atomic E-state index is 4.13. The van der Waals surface area contributed by atoms with Crippen LogP contribution in [-0.4, -0.2) is 6.21 Å². The first-order chi connectivity index (χ1) is 6.20. The summed E-state index contributed by atoms with van der Waals surface area (Å²) < 4.78 is 0. The molecule has 1 nitrogen and oxygen atoms in total. The lowest BCUT2D eigenvalue weighted by Gasteiger charge is -2.11. The van der Waals surface area contributed by atoms with Crippen molar-refractivity contribution < 1.29 is 0 Å². The topological polar surface area (TPSA) is 12.4 Å². The fraction of sp³-hybridized carbons (Fsp3) is 0.417. The van der Waals surface area contributed by atoms with Gasteiger partial charge in [-0.25, -0.2) is 0 Å². The molecule has 0 N–H and O–H groups in total. The largest absolute Gasteiger partial charge is 0.264 e. The van der Waals surface area contributed by atoms with Gasteiger partial charge in [0.1, 0.15) is 0 Å². The molecule has 0 amide bonds. The van der Waals surface area contributed by atoms with Gasteiger partial charge in [-0.3, -0.25) is 4.99 Å². The normalized spacial score (nSPS) is 29.8. The lowest BCUT2D eigenvalue weighted by molar-refractivity contribution is 0.592. The van der Waals surface area contributed by atoms with Gasteiger partial charge in [-0.05, 0) is 36.8 Å². The van der Waals surface area contributed by atoms with Crippen LogP contribution in [-0.2, 0) is 0 Å². The smallest absolute Gasteiger partial charge is 0.0293 e. The molecular weight excluding hydrogens is 158 g/mol. The summed E-state index contributed by atoms with van der Waals surface area (Å²) in [7, 11) is 0. The molecule has 13 heavy (non-hydrogen) atoms. The lowest BCUT2D eigenvalue weighted by atomic mass is 9.95. The van der Waals surface area contributed by atoms with Crippen molar-refractivity contribution >= 4 is 6.21 Å². The average Bonchev–Trinajstić information content (AvgIpc) is 2.11. The first-order valence-electron chi connectivity index (χ1n) is 4.76. The summed E-state index contributed by atoms with van der Waals surface area (Å²) in [6.07, 6.45) is 9.04. The molecule has 1 rings (SSSR count). The first kappa shape index (κ1) is 9.97. The third kappa shape index (κ3) is 3.41. The fourth-order valence-electron chi connectivity index (χ4n) is 1.34. The van der Waals surface area contributed by atoms with Crippen LogP contribution in [0.4, 0.5) is 0 Å². The van der Waals surface area contributed by atoms with Crippen molar-refractivity contribution in [3.05, 3.63) is 36.6 Å². The molecule has 0 saturated carbocycles. The Kier molecular flexibility index (Phi) is 3.69. The van der Waals surface area contributed by atoms with Crippen LogP contribution in [0.15, 0.2) is 41.6 Å². The van der Waals surface area contributed by atoms with Gasteiger partial charge in [0, 0.05) is 12.4 Å². The number of hydrogen-bond donors (Lipinski definition) is 0. The van der Waals surface area contributed by atoms with E-state index in [1.807, 2.05) is 12.3 Å². The summed E-state index contributed by atoms with van der Waals surface area (Å²) in [6, 6.07) is 0. The standard InChI is InChI=1S/C12H17N/c1-10-5-4-6-11(2)12(3)7-8-13-9-10/h7-9,11H,1,3-6H2,2H3/b8-7-,13-9-. The van der Waals surface area contributed by atoms with Crippen molar-refractivity contribution in [3.8, 4) is 0 Å². The minimum Gasteiger partial charge on any atom is -0.264 e. The van der Waals surface area contributed by atoms with Gasteiger partial charge in [0.15, 0.2) is 0 Å². The van der Waals surface area contributed by atoms with E-state index < -0.39 is 0 Å². The van der Waals surface area contributed by atoms with Crippen molar-refractivity contribution in [1.29, 1.82) is 0 Å². The van der Waals surface area contributed by atoms with E-state index in [0.717, 1.165) is 12.0 Å². The van der Waals surface area contributed by atoms with E-state index in [9.17, 15) is 0 Å². The zero-order chi connectivity index (χ0) is 9.68. The second-order valence-corrected chi connectivity index (χ2v) is 3.62. The predicted octanol–water partition coefficient (Wildman–Crippen LogP) is 3.50. The van der Waals surface area contributed by atoms with Crippen LogP contribution in [0.2, 0.25) is 0 Å².